The van der Waals surface area contributed by atoms with Gasteiger partial charge in [0.25, 0.3) is 0 Å². The Morgan fingerprint density at radius 2 is 1.65 bits per heavy atom. The van der Waals surface area contributed by atoms with Gasteiger partial charge in [0.1, 0.15) is 0 Å². The van der Waals surface area contributed by atoms with Gasteiger partial charge in [0, 0.05) is 50.8 Å². The van der Waals surface area contributed by atoms with E-state index in [0.717, 1.165) is 31.9 Å². The normalized spacial score (nSPS) is 24.0. The molecular weight excluding hydrogens is 458 g/mol. The third-order valence-electron chi connectivity index (χ3n) is 4.93. The first-order chi connectivity index (χ1) is 11.8. The number of piperidine rings is 1. The van der Waals surface area contributed by atoms with Crippen LogP contribution in [0.15, 0.2) is 4.99 Å². The summed E-state index contributed by atoms with van der Waals surface area (Å²) in [5, 5.41) is 6.81. The molecule has 0 radical (unpaired) electrons. The van der Waals surface area contributed by atoms with Crippen LogP contribution in [0.5, 0.6) is 0 Å². The number of halogens is 4. The van der Waals surface area contributed by atoms with E-state index in [0.29, 0.717) is 38.1 Å². The number of rotatable bonds is 5. The summed E-state index contributed by atoms with van der Waals surface area (Å²) >= 11 is 0. The van der Waals surface area contributed by atoms with E-state index in [4.69, 9.17) is 0 Å². The minimum Gasteiger partial charge on any atom is -0.354 e. The SMILES string of the molecule is CCN=C(NC1CCN(C(C)C)CC1)NC1CCN(CC(F)(F)F)C1.I. The lowest BCUT2D eigenvalue weighted by molar-refractivity contribution is -0.143. The van der Waals surface area contributed by atoms with Crippen LogP contribution < -0.4 is 10.6 Å². The van der Waals surface area contributed by atoms with Crippen molar-refractivity contribution in [2.75, 3.05) is 39.3 Å². The van der Waals surface area contributed by atoms with E-state index in [1.165, 1.54) is 4.90 Å². The largest absolute Gasteiger partial charge is 0.401 e. The molecule has 2 fully saturated rings. The van der Waals surface area contributed by atoms with E-state index >= 15 is 0 Å². The summed E-state index contributed by atoms with van der Waals surface area (Å²) in [5.74, 6) is 0.740. The first kappa shape index (κ1) is 23.7. The lowest BCUT2D eigenvalue weighted by Gasteiger charge is -2.35. The zero-order chi connectivity index (χ0) is 18.4. The second-order valence-corrected chi connectivity index (χ2v) is 7.35. The fourth-order valence-corrected chi connectivity index (χ4v) is 3.59. The minimum absolute atomic E-state index is 0. The third-order valence-corrected chi connectivity index (χ3v) is 4.93. The molecule has 2 rings (SSSR count). The van der Waals surface area contributed by atoms with Gasteiger partial charge in [-0.25, -0.2) is 0 Å². The number of nitrogens with one attached hydrogen (secondary N) is 2. The van der Waals surface area contributed by atoms with Crippen LogP contribution in [-0.2, 0) is 0 Å². The highest BCUT2D eigenvalue weighted by molar-refractivity contribution is 14.0. The van der Waals surface area contributed by atoms with E-state index in [-0.39, 0.29) is 30.0 Å². The Kier molecular flexibility index (Phi) is 9.95. The molecular formula is C17H33F3IN5. The van der Waals surface area contributed by atoms with Gasteiger partial charge in [0.2, 0.25) is 0 Å². The minimum atomic E-state index is -4.13. The van der Waals surface area contributed by atoms with Crippen LogP contribution in [0.2, 0.25) is 0 Å². The van der Waals surface area contributed by atoms with E-state index < -0.39 is 12.7 Å². The number of alkyl halides is 3. The Morgan fingerprint density at radius 1 is 1.08 bits per heavy atom. The number of aliphatic imine (C=N–C) groups is 1. The molecule has 0 aromatic rings. The Bertz CT molecular complexity index is 437. The molecule has 5 nitrogen and oxygen atoms in total. The van der Waals surface area contributed by atoms with Crippen molar-refractivity contribution in [3.63, 3.8) is 0 Å². The first-order valence-corrected chi connectivity index (χ1v) is 9.37. The number of guanidine groups is 1. The van der Waals surface area contributed by atoms with Crippen molar-refractivity contribution < 1.29 is 13.2 Å². The fraction of sp³-hybridized carbons (Fsp3) is 0.941. The van der Waals surface area contributed by atoms with Crippen molar-refractivity contribution in [2.45, 2.75) is 64.3 Å². The standard InChI is InChI=1S/C17H32F3N5.HI/c1-4-21-16(22-14-6-9-25(10-7-14)13(2)3)23-15-5-8-24(11-15)12-17(18,19)20;/h13-15H,4-12H2,1-3H3,(H2,21,22,23);1H. The van der Waals surface area contributed by atoms with Gasteiger partial charge in [-0.2, -0.15) is 13.2 Å². The molecule has 2 saturated heterocycles. The van der Waals surface area contributed by atoms with Crippen molar-refractivity contribution in [1.29, 1.82) is 0 Å². The van der Waals surface area contributed by atoms with Crippen LogP contribution in [0, 0.1) is 0 Å². The van der Waals surface area contributed by atoms with Crippen LogP contribution in [0.1, 0.15) is 40.0 Å². The average Bonchev–Trinajstić information content (AvgIpc) is 2.93. The Hall–Kier alpha value is -0.290. The highest BCUT2D eigenvalue weighted by Crippen LogP contribution is 2.20. The molecule has 1 atom stereocenters. The highest BCUT2D eigenvalue weighted by Gasteiger charge is 2.34. The average molecular weight is 491 g/mol. The van der Waals surface area contributed by atoms with Gasteiger partial charge in [0.15, 0.2) is 5.96 Å². The molecule has 0 amide bonds. The van der Waals surface area contributed by atoms with Crippen molar-refractivity contribution in [2.24, 2.45) is 4.99 Å². The summed E-state index contributed by atoms with van der Waals surface area (Å²) in [4.78, 5) is 8.40. The van der Waals surface area contributed by atoms with Crippen molar-refractivity contribution in [3.8, 4) is 0 Å². The summed E-state index contributed by atoms with van der Waals surface area (Å²) in [5.41, 5.74) is 0. The molecule has 0 aromatic heterocycles. The second kappa shape index (κ2) is 10.9. The quantitative estimate of drug-likeness (QED) is 0.353. The van der Waals surface area contributed by atoms with E-state index in [1.807, 2.05) is 6.92 Å². The fourth-order valence-electron chi connectivity index (χ4n) is 3.59. The van der Waals surface area contributed by atoms with Crippen LogP contribution in [-0.4, -0.2) is 79.3 Å². The van der Waals surface area contributed by atoms with Gasteiger partial charge in [-0.3, -0.25) is 9.89 Å². The summed E-state index contributed by atoms with van der Waals surface area (Å²) in [7, 11) is 0. The highest BCUT2D eigenvalue weighted by atomic mass is 127. The van der Waals surface area contributed by atoms with Crippen molar-refractivity contribution in [3.05, 3.63) is 0 Å². The van der Waals surface area contributed by atoms with Gasteiger partial charge >= 0.3 is 6.18 Å². The van der Waals surface area contributed by atoms with Crippen LogP contribution in [0.25, 0.3) is 0 Å². The number of nitrogens with zero attached hydrogens (tertiary/aromatic N) is 3. The van der Waals surface area contributed by atoms with Crippen molar-refractivity contribution in [1.82, 2.24) is 20.4 Å². The number of hydrogen-bond acceptors (Lipinski definition) is 3. The van der Waals surface area contributed by atoms with E-state index in [1.54, 1.807) is 0 Å². The summed E-state index contributed by atoms with van der Waals surface area (Å²) in [6.45, 7) is 9.24. The predicted molar refractivity (Wildman–Crippen MR) is 110 cm³/mol. The van der Waals surface area contributed by atoms with Crippen LogP contribution in [0.3, 0.4) is 0 Å². The van der Waals surface area contributed by atoms with Crippen LogP contribution in [0.4, 0.5) is 13.2 Å². The molecule has 2 heterocycles. The molecule has 1 unspecified atom stereocenters. The summed E-state index contributed by atoms with van der Waals surface area (Å²) in [6.07, 6.45) is -1.29. The monoisotopic (exact) mass is 491 g/mol. The zero-order valence-corrected chi connectivity index (χ0v) is 18.3. The Morgan fingerprint density at radius 3 is 2.19 bits per heavy atom. The van der Waals surface area contributed by atoms with Gasteiger partial charge in [-0.1, -0.05) is 0 Å². The zero-order valence-electron chi connectivity index (χ0n) is 16.0. The van der Waals surface area contributed by atoms with Gasteiger partial charge in [-0.15, -0.1) is 24.0 Å². The molecule has 0 bridgehead atoms. The maximum absolute atomic E-state index is 12.5. The maximum Gasteiger partial charge on any atom is 0.401 e. The van der Waals surface area contributed by atoms with Gasteiger partial charge < -0.3 is 15.5 Å². The summed E-state index contributed by atoms with van der Waals surface area (Å²) < 4.78 is 37.5. The van der Waals surface area contributed by atoms with Crippen molar-refractivity contribution >= 4 is 29.9 Å². The molecule has 2 aliphatic rings. The first-order valence-electron chi connectivity index (χ1n) is 9.37. The summed E-state index contributed by atoms with van der Waals surface area (Å²) in [6, 6.07) is 0.970. The van der Waals surface area contributed by atoms with E-state index in [2.05, 4.69) is 34.4 Å². The molecule has 0 spiro atoms. The molecule has 2 N–H and O–H groups in total. The van der Waals surface area contributed by atoms with Gasteiger partial charge in [-0.05, 0) is 40.0 Å². The lowest BCUT2D eigenvalue weighted by atomic mass is 10.0. The van der Waals surface area contributed by atoms with Crippen LogP contribution >= 0.6 is 24.0 Å². The molecule has 0 aromatic carbocycles. The van der Waals surface area contributed by atoms with Gasteiger partial charge in [0.05, 0.1) is 6.54 Å². The smallest absolute Gasteiger partial charge is 0.354 e. The Balaban J connectivity index is 0.00000338. The van der Waals surface area contributed by atoms with E-state index in [9.17, 15) is 13.2 Å². The lowest BCUT2D eigenvalue weighted by Crippen LogP contribution is -2.52. The molecule has 0 aliphatic carbocycles. The molecule has 26 heavy (non-hydrogen) atoms. The molecule has 0 saturated carbocycles. The molecule has 154 valence electrons. The second-order valence-electron chi connectivity index (χ2n) is 7.35. The Labute approximate surface area is 172 Å². The predicted octanol–water partition coefficient (Wildman–Crippen LogP) is 2.67. The molecule has 9 heteroatoms. The third kappa shape index (κ3) is 8.16. The maximum atomic E-state index is 12.5. The molecule has 2 aliphatic heterocycles. The topological polar surface area (TPSA) is 42.9 Å². The number of likely N-dealkylation sites (tertiary alicyclic amines) is 2. The number of hydrogen-bond donors (Lipinski definition) is 2.